The van der Waals surface area contributed by atoms with Gasteiger partial charge in [0.05, 0.1) is 19.8 Å². The Morgan fingerprint density at radius 1 is 1.53 bits per heavy atom. The van der Waals surface area contributed by atoms with Crippen molar-refractivity contribution in [1.82, 2.24) is 5.32 Å². The van der Waals surface area contributed by atoms with Crippen molar-refractivity contribution in [3.8, 4) is 11.5 Å². The number of rotatable bonds is 5. The molecule has 2 rings (SSSR count). The summed E-state index contributed by atoms with van der Waals surface area (Å²) in [6.45, 7) is 3.38. The molecule has 2 unspecified atom stereocenters. The third-order valence-corrected chi connectivity index (χ3v) is 3.44. The molecule has 0 bridgehead atoms. The van der Waals surface area contributed by atoms with E-state index < -0.39 is 0 Å². The van der Waals surface area contributed by atoms with Crippen LogP contribution in [0.4, 0.5) is 0 Å². The standard InChI is InChI=1S/C15H23NO3/c1-11(17)7-8-16-14-4-3-9-19-15-6-5-12(18-2)10-13(14)15/h5-6,10-11,14,16-17H,3-4,7-9H2,1-2H3. The Kier molecular flexibility index (Phi) is 5.05. The van der Waals surface area contributed by atoms with Gasteiger partial charge in [0.1, 0.15) is 11.5 Å². The van der Waals surface area contributed by atoms with Crippen LogP contribution in [0.2, 0.25) is 0 Å². The molecular weight excluding hydrogens is 242 g/mol. The largest absolute Gasteiger partial charge is 0.497 e. The first kappa shape index (κ1) is 14.2. The summed E-state index contributed by atoms with van der Waals surface area (Å²) in [5, 5.41) is 12.8. The number of benzene rings is 1. The highest BCUT2D eigenvalue weighted by Gasteiger charge is 2.20. The summed E-state index contributed by atoms with van der Waals surface area (Å²) in [6, 6.07) is 6.21. The highest BCUT2D eigenvalue weighted by atomic mass is 16.5. The lowest BCUT2D eigenvalue weighted by Gasteiger charge is -2.19. The summed E-state index contributed by atoms with van der Waals surface area (Å²) >= 11 is 0. The van der Waals surface area contributed by atoms with Gasteiger partial charge in [-0.3, -0.25) is 0 Å². The first-order valence-corrected chi connectivity index (χ1v) is 6.93. The van der Waals surface area contributed by atoms with Crippen LogP contribution in [-0.4, -0.2) is 31.5 Å². The molecule has 0 fully saturated rings. The quantitative estimate of drug-likeness (QED) is 0.857. The molecule has 1 aliphatic rings. The van der Waals surface area contributed by atoms with Crippen LogP contribution in [-0.2, 0) is 0 Å². The highest BCUT2D eigenvalue weighted by molar-refractivity contribution is 5.42. The second-order valence-corrected chi connectivity index (χ2v) is 5.04. The Morgan fingerprint density at radius 2 is 2.37 bits per heavy atom. The monoisotopic (exact) mass is 265 g/mol. The van der Waals surface area contributed by atoms with E-state index >= 15 is 0 Å². The Hall–Kier alpha value is -1.26. The molecule has 1 heterocycles. The molecule has 4 heteroatoms. The second kappa shape index (κ2) is 6.78. The van der Waals surface area contributed by atoms with Crippen molar-refractivity contribution in [2.75, 3.05) is 20.3 Å². The molecule has 0 aliphatic carbocycles. The molecule has 0 saturated heterocycles. The predicted octanol–water partition coefficient (Wildman–Crippen LogP) is 2.27. The number of nitrogens with one attached hydrogen (secondary N) is 1. The van der Waals surface area contributed by atoms with Gasteiger partial charge in [-0.05, 0) is 50.9 Å². The molecule has 0 amide bonds. The predicted molar refractivity (Wildman–Crippen MR) is 74.8 cm³/mol. The maximum atomic E-state index is 9.33. The number of aliphatic hydroxyl groups excluding tert-OH is 1. The third kappa shape index (κ3) is 3.85. The first-order chi connectivity index (χ1) is 9.20. The van der Waals surface area contributed by atoms with Crippen molar-refractivity contribution in [2.45, 2.75) is 38.3 Å². The number of hydrogen-bond donors (Lipinski definition) is 2. The summed E-state index contributed by atoms with van der Waals surface area (Å²) in [7, 11) is 1.68. The molecule has 0 aromatic heterocycles. The summed E-state index contributed by atoms with van der Waals surface area (Å²) in [6.07, 6.45) is 2.57. The molecular formula is C15H23NO3. The summed E-state index contributed by atoms with van der Waals surface area (Å²) in [5.74, 6) is 1.79. The van der Waals surface area contributed by atoms with Gasteiger partial charge in [-0.2, -0.15) is 0 Å². The summed E-state index contributed by atoms with van der Waals surface area (Å²) in [4.78, 5) is 0. The van der Waals surface area contributed by atoms with Crippen LogP contribution in [0.1, 0.15) is 37.8 Å². The Morgan fingerprint density at radius 3 is 3.11 bits per heavy atom. The number of aliphatic hydroxyl groups is 1. The fourth-order valence-electron chi connectivity index (χ4n) is 2.36. The van der Waals surface area contributed by atoms with Crippen LogP contribution in [0.15, 0.2) is 18.2 Å². The van der Waals surface area contributed by atoms with Crippen molar-refractivity contribution in [3.63, 3.8) is 0 Å². The Bertz CT molecular complexity index is 406. The Balaban J connectivity index is 2.11. The summed E-state index contributed by atoms with van der Waals surface area (Å²) in [5.41, 5.74) is 1.16. The van der Waals surface area contributed by atoms with Gasteiger partial charge in [-0.25, -0.2) is 0 Å². The van der Waals surface area contributed by atoms with Crippen molar-refractivity contribution in [1.29, 1.82) is 0 Å². The van der Waals surface area contributed by atoms with Crippen LogP contribution in [0.3, 0.4) is 0 Å². The Labute approximate surface area is 114 Å². The number of fused-ring (bicyclic) bond motifs is 1. The van der Waals surface area contributed by atoms with Crippen molar-refractivity contribution in [3.05, 3.63) is 23.8 Å². The maximum absolute atomic E-state index is 9.33. The highest BCUT2D eigenvalue weighted by Crippen LogP contribution is 2.34. The normalized spacial score (nSPS) is 20.1. The molecule has 1 aliphatic heterocycles. The van der Waals surface area contributed by atoms with Gasteiger partial charge in [0.25, 0.3) is 0 Å². The molecule has 0 radical (unpaired) electrons. The van der Waals surface area contributed by atoms with E-state index in [0.29, 0.717) is 0 Å². The third-order valence-electron chi connectivity index (χ3n) is 3.44. The van der Waals surface area contributed by atoms with Crippen molar-refractivity contribution >= 4 is 0 Å². The van der Waals surface area contributed by atoms with E-state index in [4.69, 9.17) is 9.47 Å². The molecule has 2 N–H and O–H groups in total. The van der Waals surface area contributed by atoms with E-state index in [9.17, 15) is 5.11 Å². The lowest BCUT2D eigenvalue weighted by molar-refractivity contribution is 0.182. The molecule has 2 atom stereocenters. The van der Waals surface area contributed by atoms with Gasteiger partial charge in [-0.15, -0.1) is 0 Å². The average Bonchev–Trinajstić information content (AvgIpc) is 2.60. The van der Waals surface area contributed by atoms with Crippen molar-refractivity contribution < 1.29 is 14.6 Å². The average molecular weight is 265 g/mol. The minimum atomic E-state index is -0.265. The molecule has 0 spiro atoms. The minimum Gasteiger partial charge on any atom is -0.497 e. The molecule has 106 valence electrons. The maximum Gasteiger partial charge on any atom is 0.124 e. The lowest BCUT2D eigenvalue weighted by atomic mass is 10.0. The van der Waals surface area contributed by atoms with Gasteiger partial charge < -0.3 is 19.9 Å². The van der Waals surface area contributed by atoms with E-state index in [1.807, 2.05) is 25.1 Å². The zero-order valence-corrected chi connectivity index (χ0v) is 11.7. The minimum absolute atomic E-state index is 0.265. The topological polar surface area (TPSA) is 50.7 Å². The SMILES string of the molecule is COc1ccc2c(c1)C(NCCC(C)O)CCCO2. The zero-order valence-electron chi connectivity index (χ0n) is 11.7. The number of hydrogen-bond acceptors (Lipinski definition) is 4. The molecule has 1 aromatic carbocycles. The number of methoxy groups -OCH3 is 1. The second-order valence-electron chi connectivity index (χ2n) is 5.04. The van der Waals surface area contributed by atoms with E-state index in [2.05, 4.69) is 5.32 Å². The number of ether oxygens (including phenoxy) is 2. The van der Waals surface area contributed by atoms with E-state index in [1.165, 1.54) is 0 Å². The zero-order chi connectivity index (χ0) is 13.7. The molecule has 0 saturated carbocycles. The van der Waals surface area contributed by atoms with Gasteiger partial charge in [-0.1, -0.05) is 0 Å². The van der Waals surface area contributed by atoms with Gasteiger partial charge in [0, 0.05) is 11.6 Å². The van der Waals surface area contributed by atoms with Crippen LogP contribution in [0.25, 0.3) is 0 Å². The molecule has 1 aromatic rings. The summed E-state index contributed by atoms with van der Waals surface area (Å²) < 4.78 is 11.0. The molecule has 4 nitrogen and oxygen atoms in total. The van der Waals surface area contributed by atoms with Gasteiger partial charge in [0.15, 0.2) is 0 Å². The van der Waals surface area contributed by atoms with Gasteiger partial charge >= 0.3 is 0 Å². The first-order valence-electron chi connectivity index (χ1n) is 6.93. The molecule has 19 heavy (non-hydrogen) atoms. The van der Waals surface area contributed by atoms with Crippen LogP contribution in [0, 0.1) is 0 Å². The fourth-order valence-corrected chi connectivity index (χ4v) is 2.36. The van der Waals surface area contributed by atoms with Crippen molar-refractivity contribution in [2.24, 2.45) is 0 Å². The van der Waals surface area contributed by atoms with E-state index in [0.717, 1.165) is 49.5 Å². The van der Waals surface area contributed by atoms with Crippen LogP contribution < -0.4 is 14.8 Å². The van der Waals surface area contributed by atoms with Crippen LogP contribution >= 0.6 is 0 Å². The fraction of sp³-hybridized carbons (Fsp3) is 0.600. The lowest BCUT2D eigenvalue weighted by Crippen LogP contribution is -2.24. The smallest absolute Gasteiger partial charge is 0.124 e. The van der Waals surface area contributed by atoms with Gasteiger partial charge in [0.2, 0.25) is 0 Å². The van der Waals surface area contributed by atoms with E-state index in [-0.39, 0.29) is 12.1 Å². The van der Waals surface area contributed by atoms with E-state index in [1.54, 1.807) is 7.11 Å². The van der Waals surface area contributed by atoms with Crippen LogP contribution in [0.5, 0.6) is 11.5 Å².